The molecular formula is C24H18FNO4. The monoisotopic (exact) mass is 403 g/mol. The van der Waals surface area contributed by atoms with Gasteiger partial charge in [-0.15, -0.1) is 0 Å². The Hall–Kier alpha value is -3.93. The Labute approximate surface area is 172 Å². The third-order valence-corrected chi connectivity index (χ3v) is 4.55. The quantitative estimate of drug-likeness (QED) is 0.435. The van der Waals surface area contributed by atoms with E-state index in [4.69, 9.17) is 9.15 Å². The third-order valence-electron chi connectivity index (χ3n) is 4.55. The van der Waals surface area contributed by atoms with Gasteiger partial charge in [-0.2, -0.15) is 0 Å². The molecule has 1 heterocycles. The second-order valence-electron chi connectivity index (χ2n) is 6.55. The lowest BCUT2D eigenvalue weighted by molar-refractivity contribution is 0.101. The summed E-state index contributed by atoms with van der Waals surface area (Å²) < 4.78 is 24.5. The SMILES string of the molecule is CCOc1cccc(C(=O)Nc2c(C(=O)c3ccc(F)cc3)oc3ccccc23)c1. The number of rotatable bonds is 6. The van der Waals surface area contributed by atoms with Gasteiger partial charge in [0, 0.05) is 16.5 Å². The van der Waals surface area contributed by atoms with Crippen LogP contribution in [0.4, 0.5) is 10.1 Å². The first-order valence-electron chi connectivity index (χ1n) is 9.43. The first-order valence-corrected chi connectivity index (χ1v) is 9.43. The average molecular weight is 403 g/mol. The first kappa shape index (κ1) is 19.4. The van der Waals surface area contributed by atoms with Crippen molar-refractivity contribution in [3.05, 3.63) is 95.5 Å². The molecule has 3 aromatic carbocycles. The van der Waals surface area contributed by atoms with Crippen molar-refractivity contribution in [3.63, 3.8) is 0 Å². The van der Waals surface area contributed by atoms with Crippen LogP contribution in [-0.2, 0) is 0 Å². The molecule has 0 fully saturated rings. The predicted molar refractivity (Wildman–Crippen MR) is 112 cm³/mol. The Morgan fingerprint density at radius 2 is 1.73 bits per heavy atom. The summed E-state index contributed by atoms with van der Waals surface area (Å²) in [6, 6.07) is 18.9. The Kier molecular flexibility index (Phi) is 5.30. The van der Waals surface area contributed by atoms with E-state index in [-0.39, 0.29) is 17.0 Å². The van der Waals surface area contributed by atoms with E-state index in [9.17, 15) is 14.0 Å². The maximum atomic E-state index is 13.2. The molecule has 0 spiro atoms. The minimum absolute atomic E-state index is 0.0166. The van der Waals surface area contributed by atoms with Crippen LogP contribution in [0.5, 0.6) is 5.75 Å². The molecule has 0 unspecified atom stereocenters. The number of carbonyl (C=O) groups is 2. The smallest absolute Gasteiger partial charge is 0.255 e. The van der Waals surface area contributed by atoms with Crippen LogP contribution in [0.1, 0.15) is 33.4 Å². The molecule has 150 valence electrons. The van der Waals surface area contributed by atoms with Crippen molar-refractivity contribution in [1.29, 1.82) is 0 Å². The predicted octanol–water partition coefficient (Wildman–Crippen LogP) is 5.45. The second kappa shape index (κ2) is 8.21. The van der Waals surface area contributed by atoms with Gasteiger partial charge in [-0.25, -0.2) is 4.39 Å². The molecule has 0 radical (unpaired) electrons. The lowest BCUT2D eigenvalue weighted by Gasteiger charge is -2.08. The van der Waals surface area contributed by atoms with Crippen LogP contribution in [0, 0.1) is 5.82 Å². The van der Waals surface area contributed by atoms with Gasteiger partial charge >= 0.3 is 0 Å². The highest BCUT2D eigenvalue weighted by Crippen LogP contribution is 2.33. The van der Waals surface area contributed by atoms with Crippen LogP contribution in [0.3, 0.4) is 0 Å². The summed E-state index contributed by atoms with van der Waals surface area (Å²) in [6.45, 7) is 2.34. The number of hydrogen-bond acceptors (Lipinski definition) is 4. The first-order chi connectivity index (χ1) is 14.6. The zero-order chi connectivity index (χ0) is 21.1. The van der Waals surface area contributed by atoms with E-state index in [2.05, 4.69) is 5.32 Å². The van der Waals surface area contributed by atoms with Crippen molar-refractivity contribution in [1.82, 2.24) is 0 Å². The molecule has 5 nitrogen and oxygen atoms in total. The molecule has 0 aliphatic rings. The summed E-state index contributed by atoms with van der Waals surface area (Å²) in [5, 5.41) is 3.39. The zero-order valence-corrected chi connectivity index (χ0v) is 16.1. The van der Waals surface area contributed by atoms with Crippen LogP contribution < -0.4 is 10.1 Å². The Bertz CT molecular complexity index is 1230. The number of para-hydroxylation sites is 1. The largest absolute Gasteiger partial charge is 0.494 e. The van der Waals surface area contributed by atoms with Gasteiger partial charge in [0.05, 0.1) is 12.3 Å². The third kappa shape index (κ3) is 3.80. The molecule has 1 N–H and O–H groups in total. The standard InChI is InChI=1S/C24H18FNO4/c1-2-29-18-7-5-6-16(14-18)24(28)26-21-19-8-3-4-9-20(19)30-23(21)22(27)15-10-12-17(25)13-11-15/h3-14H,2H2,1H3,(H,26,28). The summed E-state index contributed by atoms with van der Waals surface area (Å²) in [6.07, 6.45) is 0. The number of benzene rings is 3. The molecule has 0 aliphatic heterocycles. The van der Waals surface area contributed by atoms with Gasteiger partial charge in [0.1, 0.15) is 17.1 Å². The summed E-state index contributed by atoms with van der Waals surface area (Å²) in [7, 11) is 0. The number of furan rings is 1. The van der Waals surface area contributed by atoms with Crippen LogP contribution in [0.25, 0.3) is 11.0 Å². The van der Waals surface area contributed by atoms with E-state index in [0.717, 1.165) is 0 Å². The summed E-state index contributed by atoms with van der Waals surface area (Å²) in [5.74, 6) is -0.748. The minimum Gasteiger partial charge on any atom is -0.494 e. The number of halogens is 1. The van der Waals surface area contributed by atoms with E-state index in [1.807, 2.05) is 6.92 Å². The summed E-state index contributed by atoms with van der Waals surface area (Å²) in [4.78, 5) is 25.9. The highest BCUT2D eigenvalue weighted by atomic mass is 19.1. The van der Waals surface area contributed by atoms with Gasteiger partial charge in [0.15, 0.2) is 5.76 Å². The number of carbonyl (C=O) groups excluding carboxylic acids is 2. The number of fused-ring (bicyclic) bond motifs is 1. The van der Waals surface area contributed by atoms with Crippen molar-refractivity contribution in [2.24, 2.45) is 0 Å². The van der Waals surface area contributed by atoms with Crippen LogP contribution >= 0.6 is 0 Å². The van der Waals surface area contributed by atoms with Crippen molar-refractivity contribution in [2.45, 2.75) is 6.92 Å². The van der Waals surface area contributed by atoms with Gasteiger partial charge < -0.3 is 14.5 Å². The molecule has 4 aromatic rings. The lowest BCUT2D eigenvalue weighted by Crippen LogP contribution is -2.14. The maximum Gasteiger partial charge on any atom is 0.255 e. The van der Waals surface area contributed by atoms with Crippen molar-refractivity contribution in [3.8, 4) is 5.75 Å². The van der Waals surface area contributed by atoms with Crippen LogP contribution in [0.2, 0.25) is 0 Å². The fraction of sp³-hybridized carbons (Fsp3) is 0.0833. The number of ether oxygens (including phenoxy) is 1. The van der Waals surface area contributed by atoms with Crippen LogP contribution in [-0.4, -0.2) is 18.3 Å². The molecule has 0 bridgehead atoms. The number of ketones is 1. The van der Waals surface area contributed by atoms with Gasteiger partial charge in [0.2, 0.25) is 5.78 Å². The summed E-state index contributed by atoms with van der Waals surface area (Å²) in [5.41, 5.74) is 1.36. The summed E-state index contributed by atoms with van der Waals surface area (Å²) >= 11 is 0. The Morgan fingerprint density at radius 1 is 0.967 bits per heavy atom. The average Bonchev–Trinajstić information content (AvgIpc) is 3.12. The van der Waals surface area contributed by atoms with Gasteiger partial charge in [-0.1, -0.05) is 18.2 Å². The molecule has 6 heteroatoms. The number of hydrogen-bond donors (Lipinski definition) is 1. The van der Waals surface area contributed by atoms with Crippen molar-refractivity contribution < 1.29 is 23.1 Å². The fourth-order valence-corrected chi connectivity index (χ4v) is 3.14. The van der Waals surface area contributed by atoms with E-state index in [1.165, 1.54) is 24.3 Å². The highest BCUT2D eigenvalue weighted by molar-refractivity contribution is 6.18. The minimum atomic E-state index is -0.454. The number of anilines is 1. The van der Waals surface area contributed by atoms with Gasteiger partial charge in [-0.05, 0) is 61.5 Å². The zero-order valence-electron chi connectivity index (χ0n) is 16.1. The molecule has 30 heavy (non-hydrogen) atoms. The molecule has 0 saturated heterocycles. The molecular weight excluding hydrogens is 385 g/mol. The molecule has 0 atom stereocenters. The fourth-order valence-electron chi connectivity index (χ4n) is 3.14. The Balaban J connectivity index is 1.73. The van der Waals surface area contributed by atoms with Crippen molar-refractivity contribution in [2.75, 3.05) is 11.9 Å². The second-order valence-corrected chi connectivity index (χ2v) is 6.55. The molecule has 0 aliphatic carbocycles. The maximum absolute atomic E-state index is 13.2. The molecule has 1 amide bonds. The highest BCUT2D eigenvalue weighted by Gasteiger charge is 2.24. The normalized spacial score (nSPS) is 10.7. The van der Waals surface area contributed by atoms with Crippen LogP contribution in [0.15, 0.2) is 77.2 Å². The molecule has 1 aromatic heterocycles. The molecule has 0 saturated carbocycles. The molecule has 4 rings (SSSR count). The van der Waals surface area contributed by atoms with Crippen molar-refractivity contribution >= 4 is 28.3 Å². The van der Waals surface area contributed by atoms with E-state index >= 15 is 0 Å². The lowest BCUT2D eigenvalue weighted by atomic mass is 10.1. The van der Waals surface area contributed by atoms with E-state index in [1.54, 1.807) is 48.5 Å². The number of nitrogens with one attached hydrogen (secondary N) is 1. The van der Waals surface area contributed by atoms with Gasteiger partial charge in [0.25, 0.3) is 5.91 Å². The van der Waals surface area contributed by atoms with E-state index in [0.29, 0.717) is 28.9 Å². The topological polar surface area (TPSA) is 68.5 Å². The number of amides is 1. The Morgan fingerprint density at radius 3 is 2.50 bits per heavy atom. The van der Waals surface area contributed by atoms with Gasteiger partial charge in [-0.3, -0.25) is 9.59 Å². The van der Waals surface area contributed by atoms with E-state index < -0.39 is 17.5 Å².